The molecule has 0 fully saturated rings. The number of rotatable bonds is 5. The first-order valence-corrected chi connectivity index (χ1v) is 6.00. The van der Waals surface area contributed by atoms with Gasteiger partial charge in [0, 0.05) is 0 Å². The summed E-state index contributed by atoms with van der Waals surface area (Å²) >= 11 is 0. The van der Waals surface area contributed by atoms with Crippen LogP contribution in [0.2, 0.25) is 0 Å². The van der Waals surface area contributed by atoms with Crippen molar-refractivity contribution >= 4 is 11.6 Å². The first-order chi connectivity index (χ1) is 11.7. The molecular weight excluding hydrogens is 332 g/mol. The summed E-state index contributed by atoms with van der Waals surface area (Å²) in [6.07, 6.45) is 0. The minimum atomic E-state index is -0.773. The number of nitrogens with zero attached hydrogens (tertiary/aromatic N) is 6. The molecule has 4 heterocycles. The van der Waals surface area contributed by atoms with Crippen molar-refractivity contribution < 1.29 is 18.3 Å². The fourth-order valence-electron chi connectivity index (χ4n) is 1.63. The first-order valence-electron chi connectivity index (χ1n) is 6.00. The van der Waals surface area contributed by atoms with Crippen LogP contribution in [-0.4, -0.2) is 40.9 Å². The Labute approximate surface area is 127 Å². The molecule has 0 bridgehead atoms. The molecule has 16 nitrogen and oxygen atoms in total. The molecule has 0 aromatic carbocycles. The molecule has 0 unspecified atom stereocenters. The Balaban J connectivity index is 1.57. The molecule has 0 amide bonds. The van der Waals surface area contributed by atoms with Crippen LogP contribution in [0.5, 0.6) is 0 Å². The Morgan fingerprint density at radius 2 is 1.12 bits per heavy atom. The second kappa shape index (κ2) is 5.19. The van der Waals surface area contributed by atoms with E-state index >= 15 is 0 Å². The molecule has 0 aliphatic carbocycles. The van der Waals surface area contributed by atoms with Crippen LogP contribution in [0.25, 0.3) is 23.0 Å². The molecule has 0 saturated carbocycles. The number of hydrogen-bond donors (Lipinski definition) is 4. The molecule has 4 aromatic heterocycles. The van der Waals surface area contributed by atoms with Gasteiger partial charge in [0.15, 0.2) is 11.4 Å². The molecule has 0 atom stereocenters. The van der Waals surface area contributed by atoms with Crippen LogP contribution in [0.4, 0.5) is 11.6 Å². The van der Waals surface area contributed by atoms with Gasteiger partial charge in [-0.3, -0.25) is 29.9 Å². The van der Waals surface area contributed by atoms with E-state index in [9.17, 15) is 9.59 Å². The van der Waals surface area contributed by atoms with Crippen molar-refractivity contribution in [3.63, 3.8) is 0 Å². The summed E-state index contributed by atoms with van der Waals surface area (Å²) in [7, 11) is 0. The maximum absolute atomic E-state index is 11.0. The van der Waals surface area contributed by atoms with Gasteiger partial charge in [0.1, 0.15) is 0 Å². The SMILES string of the molecule is O=c1[nH]c(-c2nonc2NNc2nonc2-c2noc(=O)[nH]2)no1. The van der Waals surface area contributed by atoms with Gasteiger partial charge in [-0.15, -0.1) is 0 Å². The van der Waals surface area contributed by atoms with E-state index in [-0.39, 0.29) is 34.7 Å². The van der Waals surface area contributed by atoms with Crippen LogP contribution in [0.15, 0.2) is 27.9 Å². The number of hydrogen-bond acceptors (Lipinski definition) is 14. The average Bonchev–Trinajstić information content (AvgIpc) is 3.31. The van der Waals surface area contributed by atoms with E-state index in [1.165, 1.54) is 0 Å². The topological polar surface area (TPSA) is 220 Å². The third-order valence-corrected chi connectivity index (χ3v) is 2.61. The molecule has 16 heteroatoms. The quantitative estimate of drug-likeness (QED) is 0.307. The molecule has 4 aromatic rings. The van der Waals surface area contributed by atoms with Crippen molar-refractivity contribution in [3.8, 4) is 23.0 Å². The molecule has 0 spiro atoms. The Bertz CT molecular complexity index is 992. The zero-order chi connectivity index (χ0) is 16.5. The van der Waals surface area contributed by atoms with E-state index in [2.05, 4.69) is 70.1 Å². The molecule has 4 N–H and O–H groups in total. The van der Waals surface area contributed by atoms with E-state index in [4.69, 9.17) is 0 Å². The lowest BCUT2D eigenvalue weighted by atomic mass is 10.4. The Morgan fingerprint density at radius 3 is 1.50 bits per heavy atom. The fraction of sp³-hybridized carbons (Fsp3) is 0. The molecule has 122 valence electrons. The largest absolute Gasteiger partial charge is 0.439 e. The van der Waals surface area contributed by atoms with Crippen molar-refractivity contribution in [2.75, 3.05) is 10.9 Å². The van der Waals surface area contributed by atoms with Gasteiger partial charge in [-0.25, -0.2) is 18.8 Å². The van der Waals surface area contributed by atoms with Crippen LogP contribution in [0.1, 0.15) is 0 Å². The van der Waals surface area contributed by atoms with E-state index in [1.54, 1.807) is 0 Å². The molecule has 4 rings (SSSR count). The second-order valence-corrected chi connectivity index (χ2v) is 4.06. The van der Waals surface area contributed by atoms with Crippen LogP contribution < -0.4 is 22.4 Å². The number of aromatic nitrogens is 8. The van der Waals surface area contributed by atoms with E-state index in [1.807, 2.05) is 0 Å². The van der Waals surface area contributed by atoms with Crippen molar-refractivity contribution in [3.05, 3.63) is 21.1 Å². The lowest BCUT2D eigenvalue weighted by Crippen LogP contribution is -2.11. The van der Waals surface area contributed by atoms with Gasteiger partial charge in [-0.05, 0) is 20.6 Å². The van der Waals surface area contributed by atoms with Crippen LogP contribution >= 0.6 is 0 Å². The summed E-state index contributed by atoms with van der Waals surface area (Å²) in [5.41, 5.74) is 5.29. The minimum Gasteiger partial charge on any atom is -0.296 e. The number of H-pyrrole nitrogens is 2. The highest BCUT2D eigenvalue weighted by molar-refractivity contribution is 5.69. The fourth-order valence-corrected chi connectivity index (χ4v) is 1.63. The van der Waals surface area contributed by atoms with Gasteiger partial charge >= 0.3 is 11.5 Å². The van der Waals surface area contributed by atoms with Crippen LogP contribution in [0, 0.1) is 0 Å². The number of hydrazine groups is 1. The lowest BCUT2D eigenvalue weighted by molar-refractivity contribution is 0.308. The summed E-state index contributed by atoms with van der Waals surface area (Å²) in [5, 5.41) is 21.2. The highest BCUT2D eigenvalue weighted by Gasteiger charge is 2.20. The Hall–Kier alpha value is -4.24. The maximum atomic E-state index is 11.0. The highest BCUT2D eigenvalue weighted by Crippen LogP contribution is 2.22. The first kappa shape index (κ1) is 13.4. The third kappa shape index (κ3) is 2.28. The van der Waals surface area contributed by atoms with E-state index < -0.39 is 11.5 Å². The molecule has 0 saturated heterocycles. The van der Waals surface area contributed by atoms with Gasteiger partial charge < -0.3 is 0 Å². The summed E-state index contributed by atoms with van der Waals surface area (Å²) in [6.45, 7) is 0. The second-order valence-electron chi connectivity index (χ2n) is 4.06. The molecule has 24 heavy (non-hydrogen) atoms. The van der Waals surface area contributed by atoms with Crippen molar-refractivity contribution in [1.29, 1.82) is 0 Å². The molecule has 0 radical (unpaired) electrons. The van der Waals surface area contributed by atoms with E-state index in [0.29, 0.717) is 0 Å². The third-order valence-electron chi connectivity index (χ3n) is 2.61. The Morgan fingerprint density at radius 1 is 0.667 bits per heavy atom. The Kier molecular flexibility index (Phi) is 2.90. The number of aromatic amines is 2. The highest BCUT2D eigenvalue weighted by atomic mass is 16.6. The summed E-state index contributed by atoms with van der Waals surface area (Å²) < 4.78 is 17.8. The zero-order valence-electron chi connectivity index (χ0n) is 11.1. The standard InChI is InChI=1S/C8H4N10O6/c19-7-9-3(15-21-7)1-5(17-23-13-1)11-12-6-2(14-24-18-6)4-10-8(20)22-16-4/h(H,11,17)(H,12,18)(H,9,15,19)(H,10,16,20). The van der Waals surface area contributed by atoms with Gasteiger partial charge in [-0.2, -0.15) is 0 Å². The van der Waals surface area contributed by atoms with Gasteiger partial charge in [-0.1, -0.05) is 10.3 Å². The lowest BCUT2D eigenvalue weighted by Gasteiger charge is -2.02. The average molecular weight is 336 g/mol. The van der Waals surface area contributed by atoms with E-state index in [0.717, 1.165) is 0 Å². The monoisotopic (exact) mass is 336 g/mol. The van der Waals surface area contributed by atoms with Gasteiger partial charge in [0.05, 0.1) is 0 Å². The maximum Gasteiger partial charge on any atom is 0.439 e. The molecular formula is C8H4N10O6. The summed E-state index contributed by atoms with van der Waals surface area (Å²) in [5.74, 6) is -1.48. The molecule has 0 aliphatic heterocycles. The van der Waals surface area contributed by atoms with Crippen molar-refractivity contribution in [1.82, 2.24) is 40.9 Å². The van der Waals surface area contributed by atoms with Gasteiger partial charge in [0.2, 0.25) is 23.3 Å². The summed E-state index contributed by atoms with van der Waals surface area (Å²) in [6, 6.07) is 0. The van der Waals surface area contributed by atoms with Gasteiger partial charge in [0.25, 0.3) is 0 Å². The van der Waals surface area contributed by atoms with Crippen LogP contribution in [0.3, 0.4) is 0 Å². The molecule has 0 aliphatic rings. The predicted molar refractivity (Wildman–Crippen MR) is 68.1 cm³/mol. The normalized spacial score (nSPS) is 10.8. The van der Waals surface area contributed by atoms with Crippen molar-refractivity contribution in [2.24, 2.45) is 0 Å². The van der Waals surface area contributed by atoms with Crippen molar-refractivity contribution in [2.45, 2.75) is 0 Å². The number of anilines is 2. The minimum absolute atomic E-state index is 0.00937. The predicted octanol–water partition coefficient (Wildman–Crippen LogP) is -1.42. The number of nitrogens with one attached hydrogen (secondary N) is 4. The zero-order valence-corrected chi connectivity index (χ0v) is 11.1. The smallest absolute Gasteiger partial charge is 0.296 e. The van der Waals surface area contributed by atoms with Crippen LogP contribution in [-0.2, 0) is 0 Å². The summed E-state index contributed by atoms with van der Waals surface area (Å²) in [4.78, 5) is 26.5.